The molecule has 104 valence electrons. The first kappa shape index (κ1) is 14.5. The van der Waals surface area contributed by atoms with Gasteiger partial charge >= 0.3 is 7.12 Å². The minimum Gasteiger partial charge on any atom is -0.423 e. The number of nitrogens with zero attached hydrogens (tertiary/aromatic N) is 2. The molecular formula is C14H23BN2O2. The summed E-state index contributed by atoms with van der Waals surface area (Å²) in [5.74, 6) is 0. The molecule has 1 aliphatic heterocycles. The Labute approximate surface area is 115 Å². The molecule has 0 saturated carbocycles. The molecule has 0 aromatic heterocycles. The molecule has 0 amide bonds. The predicted octanol–water partition coefficient (Wildman–Crippen LogP) is -0.108. The number of hydrogen-bond acceptors (Lipinski definition) is 4. The van der Waals surface area contributed by atoms with E-state index < -0.39 is 7.12 Å². The van der Waals surface area contributed by atoms with Gasteiger partial charge in [0.1, 0.15) is 0 Å². The average Bonchev–Trinajstić information content (AvgIpc) is 2.39. The minimum atomic E-state index is -1.39. The Hall–Kier alpha value is -0.875. The van der Waals surface area contributed by atoms with Gasteiger partial charge in [0.05, 0.1) is 0 Å². The lowest BCUT2D eigenvalue weighted by Crippen LogP contribution is -2.43. The Morgan fingerprint density at radius 3 is 2.53 bits per heavy atom. The Morgan fingerprint density at radius 1 is 1.26 bits per heavy atom. The molecule has 19 heavy (non-hydrogen) atoms. The molecule has 1 saturated heterocycles. The van der Waals surface area contributed by atoms with Crippen LogP contribution in [0.5, 0.6) is 0 Å². The number of hydrogen-bond donors (Lipinski definition) is 2. The first-order chi connectivity index (χ1) is 9.08. The molecule has 2 rings (SSSR count). The third-order valence-electron chi connectivity index (χ3n) is 4.06. The maximum absolute atomic E-state index is 9.39. The van der Waals surface area contributed by atoms with Gasteiger partial charge in [-0.15, -0.1) is 0 Å². The first-order valence-electron chi connectivity index (χ1n) is 6.90. The predicted molar refractivity (Wildman–Crippen MR) is 78.3 cm³/mol. The van der Waals surface area contributed by atoms with E-state index in [4.69, 9.17) is 0 Å². The Balaban J connectivity index is 2.00. The van der Waals surface area contributed by atoms with Crippen molar-refractivity contribution in [1.29, 1.82) is 0 Å². The van der Waals surface area contributed by atoms with Gasteiger partial charge in [0.2, 0.25) is 0 Å². The van der Waals surface area contributed by atoms with Crippen LogP contribution in [0, 0.1) is 0 Å². The smallest absolute Gasteiger partial charge is 0.423 e. The van der Waals surface area contributed by atoms with Gasteiger partial charge < -0.3 is 14.9 Å². The third-order valence-corrected chi connectivity index (χ3v) is 4.06. The summed E-state index contributed by atoms with van der Waals surface area (Å²) in [5.41, 5.74) is 1.61. The second-order valence-corrected chi connectivity index (χ2v) is 5.52. The monoisotopic (exact) mass is 262 g/mol. The zero-order chi connectivity index (χ0) is 13.8. The fourth-order valence-corrected chi connectivity index (χ4v) is 2.76. The van der Waals surface area contributed by atoms with E-state index in [9.17, 15) is 10.0 Å². The molecule has 0 radical (unpaired) electrons. The molecule has 0 atom stereocenters. The van der Waals surface area contributed by atoms with Crippen molar-refractivity contribution in [2.75, 3.05) is 27.2 Å². The molecule has 0 unspecified atom stereocenters. The van der Waals surface area contributed by atoms with Crippen LogP contribution in [-0.2, 0) is 6.54 Å². The van der Waals surface area contributed by atoms with Gasteiger partial charge in [0, 0.05) is 12.6 Å². The Kier molecular flexibility index (Phi) is 4.99. The second kappa shape index (κ2) is 6.52. The van der Waals surface area contributed by atoms with Gasteiger partial charge in [0.25, 0.3) is 0 Å². The van der Waals surface area contributed by atoms with E-state index in [1.54, 1.807) is 6.07 Å². The third kappa shape index (κ3) is 3.80. The molecule has 4 nitrogen and oxygen atoms in total. The molecule has 0 aliphatic carbocycles. The number of rotatable bonds is 4. The zero-order valence-electron chi connectivity index (χ0n) is 11.8. The highest BCUT2D eigenvalue weighted by molar-refractivity contribution is 6.59. The van der Waals surface area contributed by atoms with Crippen molar-refractivity contribution < 1.29 is 10.0 Å². The average molecular weight is 262 g/mol. The van der Waals surface area contributed by atoms with Gasteiger partial charge in [0.15, 0.2) is 0 Å². The highest BCUT2D eigenvalue weighted by Gasteiger charge is 2.22. The van der Waals surface area contributed by atoms with Crippen LogP contribution in [0.4, 0.5) is 0 Å². The molecule has 1 aromatic carbocycles. The zero-order valence-corrected chi connectivity index (χ0v) is 11.8. The summed E-state index contributed by atoms with van der Waals surface area (Å²) in [6.07, 6.45) is 2.35. The largest absolute Gasteiger partial charge is 0.488 e. The lowest BCUT2D eigenvalue weighted by Gasteiger charge is -2.35. The van der Waals surface area contributed by atoms with E-state index >= 15 is 0 Å². The van der Waals surface area contributed by atoms with Crippen LogP contribution in [0.3, 0.4) is 0 Å². The number of piperidine rings is 1. The fourth-order valence-electron chi connectivity index (χ4n) is 2.76. The normalized spacial score (nSPS) is 17.9. The van der Waals surface area contributed by atoms with Crippen LogP contribution < -0.4 is 5.46 Å². The van der Waals surface area contributed by atoms with Gasteiger partial charge in [-0.25, -0.2) is 0 Å². The van der Waals surface area contributed by atoms with Gasteiger partial charge in [-0.1, -0.05) is 24.3 Å². The number of likely N-dealkylation sites (tertiary alicyclic amines) is 1. The highest BCUT2D eigenvalue weighted by atomic mass is 16.4. The van der Waals surface area contributed by atoms with E-state index in [0.717, 1.165) is 25.2 Å². The van der Waals surface area contributed by atoms with Crippen LogP contribution in [-0.4, -0.2) is 60.2 Å². The van der Waals surface area contributed by atoms with Crippen molar-refractivity contribution in [3.63, 3.8) is 0 Å². The van der Waals surface area contributed by atoms with Crippen LogP contribution >= 0.6 is 0 Å². The topological polar surface area (TPSA) is 46.9 Å². The Bertz CT molecular complexity index is 406. The van der Waals surface area contributed by atoms with Crippen LogP contribution in [0.25, 0.3) is 0 Å². The fraction of sp³-hybridized carbons (Fsp3) is 0.571. The van der Waals surface area contributed by atoms with E-state index in [1.807, 2.05) is 18.2 Å². The minimum absolute atomic E-state index is 0.583. The van der Waals surface area contributed by atoms with Crippen molar-refractivity contribution >= 4 is 12.6 Å². The van der Waals surface area contributed by atoms with E-state index in [0.29, 0.717) is 11.5 Å². The van der Waals surface area contributed by atoms with E-state index in [2.05, 4.69) is 23.9 Å². The molecule has 1 heterocycles. The molecule has 0 bridgehead atoms. The summed E-state index contributed by atoms with van der Waals surface area (Å²) >= 11 is 0. The molecule has 1 aliphatic rings. The van der Waals surface area contributed by atoms with Crippen molar-refractivity contribution in [1.82, 2.24) is 9.80 Å². The molecular weight excluding hydrogens is 239 g/mol. The van der Waals surface area contributed by atoms with Crippen LogP contribution in [0.2, 0.25) is 0 Å². The molecule has 0 spiro atoms. The first-order valence-corrected chi connectivity index (χ1v) is 6.90. The van der Waals surface area contributed by atoms with Gasteiger partial charge in [-0.05, 0) is 51.1 Å². The summed E-state index contributed by atoms with van der Waals surface area (Å²) < 4.78 is 0. The quantitative estimate of drug-likeness (QED) is 0.743. The molecule has 5 heteroatoms. The molecule has 1 fully saturated rings. The van der Waals surface area contributed by atoms with Crippen LogP contribution in [0.15, 0.2) is 24.3 Å². The highest BCUT2D eigenvalue weighted by Crippen LogP contribution is 2.16. The van der Waals surface area contributed by atoms with Crippen molar-refractivity contribution in [3.05, 3.63) is 29.8 Å². The Morgan fingerprint density at radius 2 is 1.89 bits per heavy atom. The van der Waals surface area contributed by atoms with Crippen molar-refractivity contribution in [3.8, 4) is 0 Å². The van der Waals surface area contributed by atoms with E-state index in [-0.39, 0.29) is 0 Å². The summed E-state index contributed by atoms with van der Waals surface area (Å²) in [4.78, 5) is 4.68. The summed E-state index contributed by atoms with van der Waals surface area (Å²) in [7, 11) is 2.89. The van der Waals surface area contributed by atoms with Gasteiger partial charge in [-0.3, -0.25) is 4.90 Å². The molecule has 2 N–H and O–H groups in total. The van der Waals surface area contributed by atoms with Crippen molar-refractivity contribution in [2.24, 2.45) is 0 Å². The summed E-state index contributed by atoms with van der Waals surface area (Å²) in [6, 6.07) is 8.13. The van der Waals surface area contributed by atoms with Crippen molar-refractivity contribution in [2.45, 2.75) is 25.4 Å². The maximum atomic E-state index is 9.39. The SMILES string of the molecule is CN1CCC(N(C)Cc2ccccc2B(O)O)CC1. The lowest BCUT2D eigenvalue weighted by atomic mass is 9.77. The van der Waals surface area contributed by atoms with Crippen LogP contribution in [0.1, 0.15) is 18.4 Å². The standard InChI is InChI=1S/C14H23BN2O2/c1-16-9-7-13(8-10-16)17(2)11-12-5-3-4-6-14(12)15(18)19/h3-6,13,18-19H,7-11H2,1-2H3. The maximum Gasteiger partial charge on any atom is 0.488 e. The second-order valence-electron chi connectivity index (χ2n) is 5.52. The lowest BCUT2D eigenvalue weighted by molar-refractivity contribution is 0.139. The molecule has 1 aromatic rings. The van der Waals surface area contributed by atoms with E-state index in [1.165, 1.54) is 12.8 Å². The summed E-state index contributed by atoms with van der Waals surface area (Å²) in [5, 5.41) is 18.8. The van der Waals surface area contributed by atoms with Gasteiger partial charge in [-0.2, -0.15) is 0 Å². The summed E-state index contributed by atoms with van der Waals surface area (Å²) in [6.45, 7) is 3.04. The number of benzene rings is 1.